The minimum absolute atomic E-state index is 0.00717. The molecule has 0 aliphatic heterocycles. The number of nitrogens with one attached hydrogen (secondary N) is 1. The zero-order chi connectivity index (χ0) is 17.8. The number of hydrogen-bond donors (Lipinski definition) is 2. The Hall–Kier alpha value is -1.66. The Morgan fingerprint density at radius 2 is 2.36 bits per heavy atom. The van der Waals surface area contributed by atoms with Crippen LogP contribution in [-0.2, 0) is 19.4 Å². The number of rotatable bonds is 7. The lowest BCUT2D eigenvalue weighted by Gasteiger charge is -2.21. The van der Waals surface area contributed by atoms with Crippen LogP contribution in [0.4, 0.5) is 0 Å². The Morgan fingerprint density at radius 1 is 1.52 bits per heavy atom. The van der Waals surface area contributed by atoms with Gasteiger partial charge in [0.1, 0.15) is 5.82 Å². The number of aromatic nitrogens is 2. The van der Waals surface area contributed by atoms with E-state index in [1.807, 2.05) is 6.92 Å². The number of aliphatic hydroxyl groups excluding tert-OH is 1. The molecule has 0 saturated heterocycles. The van der Waals surface area contributed by atoms with Gasteiger partial charge in [0.25, 0.3) is 5.91 Å². The number of hydrogen-bond acceptors (Lipinski definition) is 4. The first-order valence-electron chi connectivity index (χ1n) is 9.13. The van der Waals surface area contributed by atoms with E-state index in [1.165, 1.54) is 29.7 Å². The maximum atomic E-state index is 13.0. The van der Waals surface area contributed by atoms with Gasteiger partial charge in [0, 0.05) is 11.4 Å². The molecule has 2 aromatic heterocycles. The molecule has 2 N–H and O–H groups in total. The second-order valence-corrected chi connectivity index (χ2v) is 8.04. The van der Waals surface area contributed by atoms with Gasteiger partial charge in [-0.1, -0.05) is 19.8 Å². The standard InChI is InChI=1S/C19H27N3O2S/c1-3-4-14-5-6-17-15(9-14)10-18(25-17)19(24)22(7-8-23)12-16-11-20-13(2)21-16/h10-11,14,23H,3-9,12H2,1-2H3,(H,20,21). The number of H-pyrrole nitrogens is 1. The Labute approximate surface area is 153 Å². The zero-order valence-electron chi connectivity index (χ0n) is 15.0. The summed E-state index contributed by atoms with van der Waals surface area (Å²) in [6.45, 7) is 4.87. The number of aryl methyl sites for hydroxylation is 2. The van der Waals surface area contributed by atoms with Crippen molar-refractivity contribution in [2.24, 2.45) is 5.92 Å². The van der Waals surface area contributed by atoms with Crippen LogP contribution in [0, 0.1) is 12.8 Å². The molecule has 25 heavy (non-hydrogen) atoms. The van der Waals surface area contributed by atoms with Crippen molar-refractivity contribution in [2.75, 3.05) is 13.2 Å². The summed E-state index contributed by atoms with van der Waals surface area (Å²) in [4.78, 5) is 24.2. The van der Waals surface area contributed by atoms with Crippen LogP contribution < -0.4 is 0 Å². The lowest BCUT2D eigenvalue weighted by molar-refractivity contribution is 0.0710. The summed E-state index contributed by atoms with van der Waals surface area (Å²) in [5, 5.41) is 9.36. The molecule has 1 atom stereocenters. The fourth-order valence-electron chi connectivity index (χ4n) is 3.65. The van der Waals surface area contributed by atoms with Crippen LogP contribution in [0.15, 0.2) is 12.3 Å². The van der Waals surface area contributed by atoms with Crippen molar-refractivity contribution in [3.05, 3.63) is 39.1 Å². The molecular formula is C19H27N3O2S. The largest absolute Gasteiger partial charge is 0.395 e. The Morgan fingerprint density at radius 3 is 3.04 bits per heavy atom. The molecule has 0 saturated carbocycles. The molecule has 0 aromatic carbocycles. The molecule has 0 radical (unpaired) electrons. The second-order valence-electron chi connectivity index (χ2n) is 6.90. The lowest BCUT2D eigenvalue weighted by atomic mass is 9.85. The number of aromatic amines is 1. The van der Waals surface area contributed by atoms with E-state index in [0.717, 1.165) is 35.2 Å². The predicted molar refractivity (Wildman–Crippen MR) is 99.9 cm³/mol. The van der Waals surface area contributed by atoms with Crippen molar-refractivity contribution in [3.8, 4) is 0 Å². The van der Waals surface area contributed by atoms with Gasteiger partial charge < -0.3 is 15.0 Å². The summed E-state index contributed by atoms with van der Waals surface area (Å²) in [6.07, 6.45) is 7.69. The molecule has 2 heterocycles. The first-order valence-corrected chi connectivity index (χ1v) is 9.94. The zero-order valence-corrected chi connectivity index (χ0v) is 15.9. The molecule has 5 nitrogen and oxygen atoms in total. The van der Waals surface area contributed by atoms with E-state index in [2.05, 4.69) is 23.0 Å². The highest BCUT2D eigenvalue weighted by atomic mass is 32.1. The summed E-state index contributed by atoms with van der Waals surface area (Å²) < 4.78 is 0. The topological polar surface area (TPSA) is 69.2 Å². The van der Waals surface area contributed by atoms with Gasteiger partial charge in [0.15, 0.2) is 0 Å². The summed E-state index contributed by atoms with van der Waals surface area (Å²) in [6, 6.07) is 2.09. The van der Waals surface area contributed by atoms with Crippen molar-refractivity contribution in [3.63, 3.8) is 0 Å². The first kappa shape index (κ1) is 18.1. The molecule has 1 aliphatic carbocycles. The summed E-state index contributed by atoms with van der Waals surface area (Å²) in [5.74, 6) is 1.60. The lowest BCUT2D eigenvalue weighted by Crippen LogP contribution is -2.32. The molecular weight excluding hydrogens is 334 g/mol. The Bertz CT molecular complexity index is 722. The molecule has 2 aromatic rings. The highest BCUT2D eigenvalue weighted by Crippen LogP contribution is 2.34. The number of nitrogens with zero attached hydrogens (tertiary/aromatic N) is 2. The fourth-order valence-corrected chi connectivity index (χ4v) is 4.82. The van der Waals surface area contributed by atoms with Gasteiger partial charge in [0.05, 0.1) is 29.9 Å². The molecule has 0 spiro atoms. The van der Waals surface area contributed by atoms with Gasteiger partial charge in [0.2, 0.25) is 0 Å². The van der Waals surface area contributed by atoms with E-state index in [1.54, 1.807) is 22.4 Å². The molecule has 1 amide bonds. The monoisotopic (exact) mass is 361 g/mol. The highest BCUT2D eigenvalue weighted by molar-refractivity contribution is 7.14. The van der Waals surface area contributed by atoms with Crippen molar-refractivity contribution in [1.29, 1.82) is 0 Å². The van der Waals surface area contributed by atoms with Crippen molar-refractivity contribution >= 4 is 17.2 Å². The van der Waals surface area contributed by atoms with Gasteiger partial charge in [-0.15, -0.1) is 11.3 Å². The summed E-state index contributed by atoms with van der Waals surface area (Å²) >= 11 is 1.63. The van der Waals surface area contributed by atoms with Gasteiger partial charge in [-0.25, -0.2) is 4.98 Å². The van der Waals surface area contributed by atoms with E-state index in [9.17, 15) is 9.90 Å². The van der Waals surface area contributed by atoms with E-state index in [0.29, 0.717) is 13.1 Å². The molecule has 6 heteroatoms. The third kappa shape index (κ3) is 4.30. The minimum atomic E-state index is -0.0392. The van der Waals surface area contributed by atoms with E-state index < -0.39 is 0 Å². The average Bonchev–Trinajstić information content (AvgIpc) is 3.19. The van der Waals surface area contributed by atoms with E-state index >= 15 is 0 Å². The molecule has 1 aliphatic rings. The molecule has 0 fully saturated rings. The number of fused-ring (bicyclic) bond motifs is 1. The van der Waals surface area contributed by atoms with Crippen LogP contribution in [0.2, 0.25) is 0 Å². The number of thiophene rings is 1. The van der Waals surface area contributed by atoms with E-state index in [4.69, 9.17) is 0 Å². The molecule has 3 rings (SSSR count). The van der Waals surface area contributed by atoms with Crippen molar-refractivity contribution in [2.45, 2.75) is 52.5 Å². The molecule has 0 bridgehead atoms. The number of carbonyl (C=O) groups is 1. The number of carbonyl (C=O) groups excluding carboxylic acids is 1. The quantitative estimate of drug-likeness (QED) is 0.795. The predicted octanol–water partition coefficient (Wildman–Crippen LogP) is 3.32. The Kier molecular flexibility index (Phi) is 5.91. The van der Waals surface area contributed by atoms with Crippen LogP contribution in [-0.4, -0.2) is 39.0 Å². The van der Waals surface area contributed by atoms with Crippen LogP contribution in [0.25, 0.3) is 0 Å². The van der Waals surface area contributed by atoms with Gasteiger partial charge in [-0.2, -0.15) is 0 Å². The fraction of sp³-hybridized carbons (Fsp3) is 0.579. The smallest absolute Gasteiger partial charge is 0.264 e. The number of aliphatic hydroxyl groups is 1. The van der Waals surface area contributed by atoms with Crippen molar-refractivity contribution < 1.29 is 9.90 Å². The maximum absolute atomic E-state index is 13.0. The van der Waals surface area contributed by atoms with Crippen molar-refractivity contribution in [1.82, 2.24) is 14.9 Å². The Balaban J connectivity index is 1.74. The third-order valence-corrected chi connectivity index (χ3v) is 6.09. The molecule has 136 valence electrons. The maximum Gasteiger partial charge on any atom is 0.264 e. The first-order chi connectivity index (χ1) is 12.1. The number of amides is 1. The molecule has 1 unspecified atom stereocenters. The SMILES string of the molecule is CCCC1CCc2sc(C(=O)N(CCO)Cc3cnc(C)[nH]3)cc2C1. The van der Waals surface area contributed by atoms with Crippen LogP contribution in [0.1, 0.15) is 57.8 Å². The van der Waals surface area contributed by atoms with Crippen LogP contribution in [0.5, 0.6) is 0 Å². The minimum Gasteiger partial charge on any atom is -0.395 e. The normalized spacial score (nSPS) is 16.7. The third-order valence-electron chi connectivity index (χ3n) is 4.87. The second kappa shape index (κ2) is 8.15. The van der Waals surface area contributed by atoms with Crippen LogP contribution >= 0.6 is 11.3 Å². The van der Waals surface area contributed by atoms with Crippen LogP contribution in [0.3, 0.4) is 0 Å². The summed E-state index contributed by atoms with van der Waals surface area (Å²) in [5.41, 5.74) is 2.25. The average molecular weight is 362 g/mol. The van der Waals surface area contributed by atoms with Gasteiger partial charge >= 0.3 is 0 Å². The van der Waals surface area contributed by atoms with E-state index in [-0.39, 0.29) is 12.5 Å². The summed E-state index contributed by atoms with van der Waals surface area (Å²) in [7, 11) is 0. The highest BCUT2D eigenvalue weighted by Gasteiger charge is 2.25. The number of imidazole rings is 1. The van der Waals surface area contributed by atoms with Gasteiger partial charge in [-0.05, 0) is 43.7 Å². The van der Waals surface area contributed by atoms with Gasteiger partial charge in [-0.3, -0.25) is 4.79 Å².